The Balaban J connectivity index is 1.23. The van der Waals surface area contributed by atoms with Crippen LogP contribution in [-0.4, -0.2) is 51.5 Å². The minimum atomic E-state index is -1.28. The lowest BCUT2D eigenvalue weighted by atomic mass is 9.96. The second kappa shape index (κ2) is 14.1. The molecule has 0 atom stereocenters. The first-order valence-corrected chi connectivity index (χ1v) is 13.7. The number of benzene rings is 4. The van der Waals surface area contributed by atoms with Gasteiger partial charge in [-0.1, -0.05) is 13.8 Å². The molecule has 0 aliphatic heterocycles. The van der Waals surface area contributed by atoms with Gasteiger partial charge in [-0.3, -0.25) is 15.1 Å². The van der Waals surface area contributed by atoms with Crippen LogP contribution in [0.4, 0.5) is 11.4 Å². The molecule has 12 heteroatoms. The second-order valence-corrected chi connectivity index (χ2v) is 10.8. The molecule has 0 aromatic heterocycles. The topological polar surface area (TPSA) is 184 Å². The fourth-order valence-corrected chi connectivity index (χ4v) is 4.06. The van der Waals surface area contributed by atoms with Crippen molar-refractivity contribution in [3.63, 3.8) is 0 Å². The van der Waals surface area contributed by atoms with E-state index >= 15 is 0 Å². The predicted molar refractivity (Wildman–Crippen MR) is 164 cm³/mol. The van der Waals surface area contributed by atoms with E-state index in [0.717, 1.165) is 6.07 Å². The summed E-state index contributed by atoms with van der Waals surface area (Å²) >= 11 is 0. The Labute approximate surface area is 258 Å². The summed E-state index contributed by atoms with van der Waals surface area (Å²) in [5, 5.41) is 40.5. The number of carboxylic acid groups (broad SMARTS) is 2. The van der Waals surface area contributed by atoms with Crippen molar-refractivity contribution >= 4 is 29.2 Å². The van der Waals surface area contributed by atoms with Crippen LogP contribution in [-0.2, 0) is 11.4 Å². The Hall–Kier alpha value is -5.75. The predicted octanol–water partition coefficient (Wildman–Crippen LogP) is 5.77. The molecule has 0 radical (unpaired) electrons. The number of phenolic OH excluding ortho intramolecular Hbond substituents is 2. The molecule has 1 amide bonds. The zero-order valence-electron chi connectivity index (χ0n) is 24.4. The summed E-state index contributed by atoms with van der Waals surface area (Å²) in [5.74, 6) is -2.18. The molecule has 12 nitrogen and oxygen atoms in total. The first-order valence-electron chi connectivity index (χ1n) is 13.7. The normalized spacial score (nSPS) is 11.0. The Bertz CT molecular complexity index is 1670. The molecule has 234 valence electrons. The van der Waals surface area contributed by atoms with Crippen molar-refractivity contribution < 1.29 is 49.1 Å². The molecule has 0 unspecified atom stereocenters. The maximum Gasteiger partial charge on any atom is 0.336 e. The number of carbonyl (C=O) groups excluding carboxylic acids is 1. The number of aromatic carboxylic acids is 2. The van der Waals surface area contributed by atoms with Crippen LogP contribution in [0.1, 0.15) is 50.5 Å². The molecule has 4 aromatic rings. The molecule has 0 aliphatic carbocycles. The van der Waals surface area contributed by atoms with Crippen molar-refractivity contribution in [2.45, 2.75) is 20.5 Å². The maximum atomic E-state index is 12.6. The van der Waals surface area contributed by atoms with Crippen molar-refractivity contribution in [3.05, 3.63) is 107 Å². The number of anilines is 2. The van der Waals surface area contributed by atoms with E-state index in [1.807, 2.05) is 13.8 Å². The van der Waals surface area contributed by atoms with Crippen molar-refractivity contribution in [3.8, 4) is 23.0 Å². The molecule has 4 aromatic carbocycles. The molecular formula is C33H32N2O10. The SMILES string of the molecule is CC(C)(COc1ccc(NOCc2cc(O)ccc2C(=O)O)cc1)COc1ccc(NC(=O)c2cc(O)ccc2C(=O)O)cc1. The first-order chi connectivity index (χ1) is 21.4. The number of ether oxygens (including phenoxy) is 2. The Morgan fingerprint density at radius 3 is 1.73 bits per heavy atom. The number of carboxylic acids is 2. The van der Waals surface area contributed by atoms with Crippen LogP contribution in [0, 0.1) is 5.41 Å². The highest BCUT2D eigenvalue weighted by atomic mass is 16.6. The van der Waals surface area contributed by atoms with E-state index in [4.69, 9.17) is 14.3 Å². The fraction of sp³-hybridized carbons (Fsp3) is 0.182. The van der Waals surface area contributed by atoms with Crippen LogP contribution < -0.4 is 20.3 Å². The number of hydrogen-bond donors (Lipinski definition) is 6. The van der Waals surface area contributed by atoms with Crippen molar-refractivity contribution in [2.75, 3.05) is 24.0 Å². The molecule has 0 saturated heterocycles. The van der Waals surface area contributed by atoms with Gasteiger partial charge in [0, 0.05) is 11.1 Å². The van der Waals surface area contributed by atoms with Gasteiger partial charge in [0.2, 0.25) is 0 Å². The van der Waals surface area contributed by atoms with Gasteiger partial charge in [-0.2, -0.15) is 0 Å². The molecule has 0 spiro atoms. The second-order valence-electron chi connectivity index (χ2n) is 10.8. The van der Waals surface area contributed by atoms with Gasteiger partial charge in [-0.05, 0) is 90.5 Å². The van der Waals surface area contributed by atoms with Crippen molar-refractivity contribution in [1.82, 2.24) is 0 Å². The third kappa shape index (κ3) is 9.12. The van der Waals surface area contributed by atoms with Gasteiger partial charge < -0.3 is 35.2 Å². The molecule has 45 heavy (non-hydrogen) atoms. The average molecular weight is 617 g/mol. The van der Waals surface area contributed by atoms with E-state index in [0.29, 0.717) is 41.7 Å². The van der Waals surface area contributed by atoms with Crippen LogP contribution in [0.25, 0.3) is 0 Å². The number of carbonyl (C=O) groups is 3. The maximum absolute atomic E-state index is 12.6. The Morgan fingerprint density at radius 1 is 0.667 bits per heavy atom. The lowest BCUT2D eigenvalue weighted by molar-refractivity contribution is 0.0682. The molecular weight excluding hydrogens is 584 g/mol. The van der Waals surface area contributed by atoms with Crippen LogP contribution >= 0.6 is 0 Å². The summed E-state index contributed by atoms with van der Waals surface area (Å²) in [5.41, 5.74) is 3.37. The number of amides is 1. The van der Waals surface area contributed by atoms with E-state index in [1.165, 1.54) is 30.3 Å². The van der Waals surface area contributed by atoms with E-state index in [2.05, 4.69) is 10.8 Å². The van der Waals surface area contributed by atoms with Crippen LogP contribution in [0.2, 0.25) is 0 Å². The molecule has 4 rings (SSSR count). The molecule has 0 bridgehead atoms. The molecule has 0 heterocycles. The summed E-state index contributed by atoms with van der Waals surface area (Å²) in [6.07, 6.45) is 0. The third-order valence-corrected chi connectivity index (χ3v) is 6.44. The monoisotopic (exact) mass is 616 g/mol. The van der Waals surface area contributed by atoms with Crippen molar-refractivity contribution in [1.29, 1.82) is 0 Å². The summed E-state index contributed by atoms with van der Waals surface area (Å²) in [7, 11) is 0. The molecule has 6 N–H and O–H groups in total. The van der Waals surface area contributed by atoms with Crippen LogP contribution in [0.5, 0.6) is 23.0 Å². The number of aromatic hydroxyl groups is 2. The number of hydrogen-bond acceptors (Lipinski definition) is 9. The van der Waals surface area contributed by atoms with Gasteiger partial charge in [0.25, 0.3) is 5.91 Å². The standard InChI is InChI=1S/C33H32N2O10/c1-33(2,18-43-25-9-3-21(4-10-25)34-30(38)29-16-24(37)8-14-28(29)32(41)42)19-44-26-11-5-22(6-12-26)35-45-17-20-15-23(36)7-13-27(20)31(39)40/h3-16,35-37H,17-19H2,1-2H3,(H,34,38)(H,39,40)(H,41,42). The zero-order chi connectivity index (χ0) is 32.6. The largest absolute Gasteiger partial charge is 0.508 e. The Kier molecular flexibility index (Phi) is 10.1. The quantitative estimate of drug-likeness (QED) is 0.0945. The highest BCUT2D eigenvalue weighted by Gasteiger charge is 2.21. The Morgan fingerprint density at radius 2 is 1.18 bits per heavy atom. The minimum Gasteiger partial charge on any atom is -0.508 e. The van der Waals surface area contributed by atoms with E-state index in [-0.39, 0.29) is 40.2 Å². The number of rotatable bonds is 14. The zero-order valence-corrected chi connectivity index (χ0v) is 24.4. The highest BCUT2D eigenvalue weighted by molar-refractivity contribution is 6.11. The van der Waals surface area contributed by atoms with E-state index in [9.17, 15) is 34.8 Å². The van der Waals surface area contributed by atoms with Crippen molar-refractivity contribution in [2.24, 2.45) is 5.41 Å². The van der Waals surface area contributed by atoms with E-state index < -0.39 is 17.8 Å². The van der Waals surface area contributed by atoms with Gasteiger partial charge in [-0.15, -0.1) is 0 Å². The van der Waals surface area contributed by atoms with Gasteiger partial charge in [-0.25, -0.2) is 9.59 Å². The highest BCUT2D eigenvalue weighted by Crippen LogP contribution is 2.25. The lowest BCUT2D eigenvalue weighted by Gasteiger charge is -2.25. The smallest absolute Gasteiger partial charge is 0.336 e. The number of phenols is 2. The van der Waals surface area contributed by atoms with Gasteiger partial charge in [0.15, 0.2) is 0 Å². The third-order valence-electron chi connectivity index (χ3n) is 6.44. The minimum absolute atomic E-state index is 0.0365. The lowest BCUT2D eigenvalue weighted by Crippen LogP contribution is -2.28. The molecule has 0 fully saturated rings. The van der Waals surface area contributed by atoms with E-state index in [1.54, 1.807) is 48.5 Å². The number of nitrogens with one attached hydrogen (secondary N) is 2. The van der Waals surface area contributed by atoms with Gasteiger partial charge in [0.05, 0.1) is 35.6 Å². The van der Waals surface area contributed by atoms with Crippen LogP contribution in [0.3, 0.4) is 0 Å². The van der Waals surface area contributed by atoms with Gasteiger partial charge >= 0.3 is 11.9 Å². The first kappa shape index (κ1) is 32.2. The fourth-order valence-electron chi connectivity index (χ4n) is 4.06. The van der Waals surface area contributed by atoms with Crippen LogP contribution in [0.15, 0.2) is 84.9 Å². The summed E-state index contributed by atoms with van der Waals surface area (Å²) in [6.45, 7) is 4.55. The average Bonchev–Trinajstić information content (AvgIpc) is 3.00. The van der Waals surface area contributed by atoms with Gasteiger partial charge in [0.1, 0.15) is 29.6 Å². The molecule has 0 aliphatic rings. The summed E-state index contributed by atoms with van der Waals surface area (Å²) in [4.78, 5) is 40.8. The summed E-state index contributed by atoms with van der Waals surface area (Å²) in [6, 6.07) is 21.0. The summed E-state index contributed by atoms with van der Waals surface area (Å²) < 4.78 is 11.9. The molecule has 0 saturated carbocycles.